The van der Waals surface area contributed by atoms with Crippen molar-refractivity contribution in [3.05, 3.63) is 56.4 Å². The Morgan fingerprint density at radius 3 is 2.69 bits per heavy atom. The van der Waals surface area contributed by atoms with Crippen LogP contribution < -0.4 is 10.9 Å². The lowest BCUT2D eigenvalue weighted by molar-refractivity contribution is 0.0943. The summed E-state index contributed by atoms with van der Waals surface area (Å²) in [6, 6.07) is 4.96. The minimum atomic E-state index is -3.82. The molecule has 2 N–H and O–H groups in total. The topological polar surface area (TPSA) is 109 Å². The first-order chi connectivity index (χ1) is 13.6. The number of halogens is 2. The zero-order valence-corrected chi connectivity index (χ0v) is 17.8. The summed E-state index contributed by atoms with van der Waals surface area (Å²) in [4.78, 5) is 24.2. The molecule has 0 bridgehead atoms. The summed E-state index contributed by atoms with van der Waals surface area (Å²) < 4.78 is 28.4. The second-order valence-corrected chi connectivity index (χ2v) is 9.40. The maximum absolute atomic E-state index is 13.0. The predicted molar refractivity (Wildman–Crippen MR) is 109 cm³/mol. The number of carbonyl (C=O) groups is 1. The van der Waals surface area contributed by atoms with E-state index in [4.69, 9.17) is 23.2 Å². The molecule has 156 valence electrons. The largest absolute Gasteiger partial charge is 0.502 e. The number of nitrogens with one attached hydrogen (secondary N) is 1. The highest BCUT2D eigenvalue weighted by Gasteiger charge is 2.35. The van der Waals surface area contributed by atoms with Crippen LogP contribution in [0, 0.1) is 0 Å². The van der Waals surface area contributed by atoms with Gasteiger partial charge >= 0.3 is 0 Å². The fourth-order valence-electron chi connectivity index (χ4n) is 3.21. The fourth-order valence-corrected chi connectivity index (χ4v) is 5.29. The predicted octanol–water partition coefficient (Wildman–Crippen LogP) is 1.98. The molecule has 1 atom stereocenters. The zero-order valence-electron chi connectivity index (χ0n) is 15.4. The SMILES string of the molecule is Cn1ccc(C(=O)NCC2CCCN2S(=O)(=O)c2ccc(Cl)c(Cl)c2)c(O)c1=O. The second kappa shape index (κ2) is 8.35. The molecule has 0 spiro atoms. The summed E-state index contributed by atoms with van der Waals surface area (Å²) in [6.07, 6.45) is 2.56. The first kappa shape index (κ1) is 21.6. The summed E-state index contributed by atoms with van der Waals surface area (Å²) in [5.74, 6) is -1.31. The highest BCUT2D eigenvalue weighted by atomic mass is 35.5. The van der Waals surface area contributed by atoms with E-state index in [9.17, 15) is 23.1 Å². The third kappa shape index (κ3) is 4.28. The van der Waals surface area contributed by atoms with Gasteiger partial charge in [0.15, 0.2) is 5.75 Å². The van der Waals surface area contributed by atoms with E-state index in [-0.39, 0.29) is 27.0 Å². The Bertz CT molecular complexity index is 1120. The van der Waals surface area contributed by atoms with E-state index in [0.29, 0.717) is 19.4 Å². The molecule has 3 rings (SSSR count). The number of amides is 1. The number of pyridine rings is 1. The Hall–Kier alpha value is -2.07. The minimum Gasteiger partial charge on any atom is -0.502 e. The van der Waals surface area contributed by atoms with Gasteiger partial charge in [0.2, 0.25) is 10.0 Å². The van der Waals surface area contributed by atoms with Crippen molar-refractivity contribution in [3.8, 4) is 5.75 Å². The molecule has 1 aliphatic heterocycles. The van der Waals surface area contributed by atoms with E-state index in [1.807, 2.05) is 0 Å². The number of aromatic hydroxyl groups is 1. The van der Waals surface area contributed by atoms with Crippen molar-refractivity contribution in [2.24, 2.45) is 7.05 Å². The van der Waals surface area contributed by atoms with E-state index in [2.05, 4.69) is 5.32 Å². The lowest BCUT2D eigenvalue weighted by Crippen LogP contribution is -2.43. The van der Waals surface area contributed by atoms with Crippen molar-refractivity contribution in [2.75, 3.05) is 13.1 Å². The van der Waals surface area contributed by atoms with E-state index in [1.54, 1.807) is 0 Å². The lowest BCUT2D eigenvalue weighted by atomic mass is 10.2. The maximum atomic E-state index is 13.0. The number of sulfonamides is 1. The van der Waals surface area contributed by atoms with Crippen LogP contribution in [0.2, 0.25) is 10.0 Å². The Morgan fingerprint density at radius 2 is 2.00 bits per heavy atom. The Morgan fingerprint density at radius 1 is 1.28 bits per heavy atom. The Balaban J connectivity index is 1.76. The van der Waals surface area contributed by atoms with Gasteiger partial charge in [0.1, 0.15) is 0 Å². The van der Waals surface area contributed by atoms with E-state index in [1.165, 1.54) is 41.8 Å². The third-order valence-corrected chi connectivity index (χ3v) is 7.49. The normalized spacial score (nSPS) is 17.4. The van der Waals surface area contributed by atoms with Crippen LogP contribution in [0.4, 0.5) is 0 Å². The Labute approximate surface area is 177 Å². The second-order valence-electron chi connectivity index (χ2n) is 6.69. The van der Waals surface area contributed by atoms with Crippen LogP contribution in [0.5, 0.6) is 5.75 Å². The molecular weight excluding hydrogens is 441 g/mol. The number of nitrogens with zero attached hydrogens (tertiary/aromatic N) is 2. The van der Waals surface area contributed by atoms with Crippen molar-refractivity contribution in [2.45, 2.75) is 23.8 Å². The highest BCUT2D eigenvalue weighted by Crippen LogP contribution is 2.30. The van der Waals surface area contributed by atoms with Gasteiger partial charge in [0, 0.05) is 32.4 Å². The number of hydrogen-bond acceptors (Lipinski definition) is 5. The molecule has 1 aromatic heterocycles. The number of benzene rings is 1. The van der Waals surface area contributed by atoms with Gasteiger partial charge in [-0.25, -0.2) is 8.42 Å². The van der Waals surface area contributed by atoms with Crippen molar-refractivity contribution in [1.29, 1.82) is 0 Å². The molecular formula is C18H19Cl2N3O5S. The smallest absolute Gasteiger partial charge is 0.293 e. The molecule has 1 aromatic carbocycles. The molecule has 2 aromatic rings. The quantitative estimate of drug-likeness (QED) is 0.710. The molecule has 1 aliphatic rings. The summed E-state index contributed by atoms with van der Waals surface area (Å²) in [5.41, 5.74) is -0.854. The van der Waals surface area contributed by atoms with Gasteiger partial charge in [-0.15, -0.1) is 0 Å². The van der Waals surface area contributed by atoms with Gasteiger partial charge in [-0.05, 0) is 37.1 Å². The van der Waals surface area contributed by atoms with Crippen LogP contribution in [0.1, 0.15) is 23.2 Å². The molecule has 8 nitrogen and oxygen atoms in total. The van der Waals surface area contributed by atoms with Gasteiger partial charge in [-0.3, -0.25) is 9.59 Å². The summed E-state index contributed by atoms with van der Waals surface area (Å²) in [5, 5.41) is 12.9. The van der Waals surface area contributed by atoms with Crippen LogP contribution >= 0.6 is 23.2 Å². The van der Waals surface area contributed by atoms with Gasteiger partial charge in [0.05, 0.1) is 20.5 Å². The van der Waals surface area contributed by atoms with Crippen LogP contribution in [-0.4, -0.2) is 47.4 Å². The van der Waals surface area contributed by atoms with E-state index in [0.717, 1.165) is 4.57 Å². The first-order valence-corrected chi connectivity index (χ1v) is 11.0. The number of carbonyl (C=O) groups excluding carboxylic acids is 1. The van der Waals surface area contributed by atoms with Gasteiger partial charge in [-0.1, -0.05) is 23.2 Å². The molecule has 0 saturated carbocycles. The van der Waals surface area contributed by atoms with Crippen molar-refractivity contribution < 1.29 is 18.3 Å². The molecule has 11 heteroatoms. The lowest BCUT2D eigenvalue weighted by Gasteiger charge is -2.24. The van der Waals surface area contributed by atoms with Crippen molar-refractivity contribution >= 4 is 39.1 Å². The van der Waals surface area contributed by atoms with Crippen LogP contribution in [0.25, 0.3) is 0 Å². The Kier molecular flexibility index (Phi) is 6.23. The zero-order chi connectivity index (χ0) is 21.3. The number of rotatable bonds is 5. The number of hydrogen-bond donors (Lipinski definition) is 2. The van der Waals surface area contributed by atoms with Crippen molar-refractivity contribution in [1.82, 2.24) is 14.2 Å². The molecule has 0 radical (unpaired) electrons. The summed E-state index contributed by atoms with van der Waals surface area (Å²) in [7, 11) is -2.37. The van der Waals surface area contributed by atoms with Crippen molar-refractivity contribution in [3.63, 3.8) is 0 Å². The highest BCUT2D eigenvalue weighted by molar-refractivity contribution is 7.89. The first-order valence-electron chi connectivity index (χ1n) is 8.76. The number of aromatic nitrogens is 1. The molecule has 0 aliphatic carbocycles. The van der Waals surface area contributed by atoms with Crippen LogP contribution in [-0.2, 0) is 17.1 Å². The van der Waals surface area contributed by atoms with Crippen LogP contribution in [0.3, 0.4) is 0 Å². The molecule has 1 saturated heterocycles. The van der Waals surface area contributed by atoms with Gasteiger partial charge < -0.3 is 15.0 Å². The third-order valence-electron chi connectivity index (χ3n) is 4.81. The average molecular weight is 460 g/mol. The molecule has 29 heavy (non-hydrogen) atoms. The van der Waals surface area contributed by atoms with Gasteiger partial charge in [0.25, 0.3) is 11.5 Å². The number of aryl methyl sites for hydroxylation is 1. The molecule has 2 heterocycles. The monoisotopic (exact) mass is 459 g/mol. The van der Waals surface area contributed by atoms with Crippen LogP contribution in [0.15, 0.2) is 40.2 Å². The average Bonchev–Trinajstić information content (AvgIpc) is 3.16. The standard InChI is InChI=1S/C18H19Cl2N3O5S/c1-22-8-6-13(16(24)18(22)26)17(25)21-10-11-3-2-7-23(11)29(27,28)12-4-5-14(19)15(20)9-12/h4-6,8-9,11,24H,2-3,7,10H2,1H3,(H,21,25). The minimum absolute atomic E-state index is 0.0225. The van der Waals surface area contributed by atoms with E-state index < -0.39 is 33.3 Å². The maximum Gasteiger partial charge on any atom is 0.293 e. The van der Waals surface area contributed by atoms with Gasteiger partial charge in [-0.2, -0.15) is 4.31 Å². The summed E-state index contributed by atoms with van der Waals surface area (Å²) >= 11 is 11.8. The molecule has 1 unspecified atom stereocenters. The van der Waals surface area contributed by atoms with E-state index >= 15 is 0 Å². The molecule has 1 fully saturated rings. The molecule has 1 amide bonds. The summed E-state index contributed by atoms with van der Waals surface area (Å²) in [6.45, 7) is 0.342. The fraction of sp³-hybridized carbons (Fsp3) is 0.333.